The number of aromatic nitrogens is 1. The Morgan fingerprint density at radius 2 is 1.91 bits per heavy atom. The fourth-order valence-corrected chi connectivity index (χ4v) is 4.35. The fourth-order valence-electron chi connectivity index (χ4n) is 3.63. The molecule has 1 saturated heterocycles. The molecular weight excluding hydrogens is 310 g/mol. The van der Waals surface area contributed by atoms with Gasteiger partial charge in [0.15, 0.2) is 5.13 Å². The highest BCUT2D eigenvalue weighted by molar-refractivity contribution is 7.13. The minimum absolute atomic E-state index is 0.117. The molecular formula is C17H27N3O2S. The zero-order valence-corrected chi connectivity index (χ0v) is 14.5. The van der Waals surface area contributed by atoms with Crippen LogP contribution >= 0.6 is 11.3 Å². The number of likely N-dealkylation sites (tertiary alicyclic amines) is 1. The Morgan fingerprint density at radius 1 is 1.22 bits per heavy atom. The van der Waals surface area contributed by atoms with Crippen molar-refractivity contribution in [2.24, 2.45) is 0 Å². The largest absolute Gasteiger partial charge is 0.389 e. The van der Waals surface area contributed by atoms with E-state index in [2.05, 4.69) is 15.2 Å². The standard InChI is InChI=1S/C17H27N3O2S/c21-15(11-17(22)7-3-1-4-8-17)19-16-18-14(13-23-16)12-20-9-5-2-6-10-20/h13,22H,1-12H2,(H,18,19,21). The first-order valence-electron chi connectivity index (χ1n) is 8.82. The number of anilines is 1. The topological polar surface area (TPSA) is 65.5 Å². The smallest absolute Gasteiger partial charge is 0.229 e. The third-order valence-electron chi connectivity index (χ3n) is 4.91. The molecule has 1 aliphatic carbocycles. The molecule has 3 rings (SSSR count). The number of carbonyl (C=O) groups excluding carboxylic acids is 1. The van der Waals surface area contributed by atoms with Crippen LogP contribution in [0.2, 0.25) is 0 Å². The van der Waals surface area contributed by atoms with Crippen molar-refractivity contribution in [1.82, 2.24) is 9.88 Å². The van der Waals surface area contributed by atoms with Gasteiger partial charge in [-0.25, -0.2) is 4.98 Å². The van der Waals surface area contributed by atoms with Crippen molar-refractivity contribution >= 4 is 22.4 Å². The van der Waals surface area contributed by atoms with Gasteiger partial charge >= 0.3 is 0 Å². The van der Waals surface area contributed by atoms with Gasteiger partial charge in [-0.1, -0.05) is 25.7 Å². The summed E-state index contributed by atoms with van der Waals surface area (Å²) in [5.41, 5.74) is 0.222. The monoisotopic (exact) mass is 337 g/mol. The van der Waals surface area contributed by atoms with E-state index in [1.165, 1.54) is 30.6 Å². The van der Waals surface area contributed by atoms with Crippen LogP contribution in [0.1, 0.15) is 63.5 Å². The lowest BCUT2D eigenvalue weighted by Gasteiger charge is -2.31. The maximum absolute atomic E-state index is 12.2. The SMILES string of the molecule is O=C(CC1(O)CCCCC1)Nc1nc(CN2CCCCC2)cs1. The highest BCUT2D eigenvalue weighted by atomic mass is 32.1. The van der Waals surface area contributed by atoms with E-state index in [1.807, 2.05) is 5.38 Å². The molecule has 128 valence electrons. The van der Waals surface area contributed by atoms with Crippen LogP contribution in [0.3, 0.4) is 0 Å². The van der Waals surface area contributed by atoms with Gasteiger partial charge in [-0.05, 0) is 38.8 Å². The van der Waals surface area contributed by atoms with Crippen LogP contribution in [-0.2, 0) is 11.3 Å². The fraction of sp³-hybridized carbons (Fsp3) is 0.765. The Bertz CT molecular complexity index is 520. The average molecular weight is 337 g/mol. The van der Waals surface area contributed by atoms with Crippen molar-refractivity contribution in [1.29, 1.82) is 0 Å². The van der Waals surface area contributed by atoms with Crippen molar-refractivity contribution in [2.45, 2.75) is 69.9 Å². The number of amides is 1. The van der Waals surface area contributed by atoms with E-state index < -0.39 is 5.60 Å². The molecule has 0 bridgehead atoms. The number of carbonyl (C=O) groups is 1. The van der Waals surface area contributed by atoms with Gasteiger partial charge in [0.25, 0.3) is 0 Å². The van der Waals surface area contributed by atoms with Gasteiger partial charge in [0, 0.05) is 11.9 Å². The first-order valence-corrected chi connectivity index (χ1v) is 9.70. The second-order valence-corrected chi connectivity index (χ2v) is 7.85. The van der Waals surface area contributed by atoms with Crippen LogP contribution in [0.4, 0.5) is 5.13 Å². The predicted octanol–water partition coefficient (Wildman–Crippen LogP) is 3.15. The lowest BCUT2D eigenvalue weighted by molar-refractivity contribution is -0.122. The number of piperidine rings is 1. The van der Waals surface area contributed by atoms with E-state index in [-0.39, 0.29) is 12.3 Å². The molecule has 0 radical (unpaired) electrons. The second-order valence-electron chi connectivity index (χ2n) is 6.99. The maximum atomic E-state index is 12.2. The Hall–Kier alpha value is -0.980. The molecule has 2 aliphatic rings. The van der Waals surface area contributed by atoms with Crippen molar-refractivity contribution in [3.05, 3.63) is 11.1 Å². The molecule has 0 atom stereocenters. The van der Waals surface area contributed by atoms with Gasteiger partial charge in [-0.2, -0.15) is 0 Å². The predicted molar refractivity (Wildman–Crippen MR) is 92.5 cm³/mol. The Balaban J connectivity index is 1.48. The molecule has 6 heteroatoms. The number of hydrogen-bond acceptors (Lipinski definition) is 5. The Kier molecular flexibility index (Phi) is 5.67. The van der Waals surface area contributed by atoms with E-state index in [0.29, 0.717) is 5.13 Å². The zero-order chi connectivity index (χ0) is 16.1. The molecule has 2 heterocycles. The maximum Gasteiger partial charge on any atom is 0.229 e. The number of aliphatic hydroxyl groups is 1. The second kappa shape index (κ2) is 7.73. The minimum atomic E-state index is -0.809. The van der Waals surface area contributed by atoms with Crippen molar-refractivity contribution in [3.63, 3.8) is 0 Å². The molecule has 0 spiro atoms. The molecule has 2 fully saturated rings. The zero-order valence-electron chi connectivity index (χ0n) is 13.7. The molecule has 0 aromatic carbocycles. The van der Waals surface area contributed by atoms with E-state index in [4.69, 9.17) is 0 Å². The number of thiazole rings is 1. The van der Waals surface area contributed by atoms with E-state index in [0.717, 1.165) is 57.4 Å². The molecule has 1 aliphatic heterocycles. The molecule has 23 heavy (non-hydrogen) atoms. The van der Waals surface area contributed by atoms with Crippen LogP contribution in [0.5, 0.6) is 0 Å². The molecule has 1 saturated carbocycles. The summed E-state index contributed by atoms with van der Waals surface area (Å²) in [4.78, 5) is 19.1. The summed E-state index contributed by atoms with van der Waals surface area (Å²) in [6.07, 6.45) is 8.72. The van der Waals surface area contributed by atoms with Crippen molar-refractivity contribution in [3.8, 4) is 0 Å². The average Bonchev–Trinajstić information content (AvgIpc) is 2.95. The van der Waals surface area contributed by atoms with Crippen molar-refractivity contribution < 1.29 is 9.90 Å². The first-order chi connectivity index (χ1) is 11.1. The highest BCUT2D eigenvalue weighted by Gasteiger charge is 2.31. The van der Waals surface area contributed by atoms with E-state index >= 15 is 0 Å². The quantitative estimate of drug-likeness (QED) is 0.866. The van der Waals surface area contributed by atoms with Crippen LogP contribution in [-0.4, -0.2) is 39.6 Å². The molecule has 1 aromatic heterocycles. The van der Waals surface area contributed by atoms with Crippen molar-refractivity contribution in [2.75, 3.05) is 18.4 Å². The molecule has 0 unspecified atom stereocenters. The third kappa shape index (κ3) is 4.99. The van der Waals surface area contributed by atoms with Gasteiger partial charge in [0.1, 0.15) is 0 Å². The van der Waals surface area contributed by atoms with E-state index in [9.17, 15) is 9.90 Å². The minimum Gasteiger partial charge on any atom is -0.389 e. The van der Waals surface area contributed by atoms with Gasteiger partial charge in [0.05, 0.1) is 17.7 Å². The summed E-state index contributed by atoms with van der Waals surface area (Å²) >= 11 is 1.48. The molecule has 1 aromatic rings. The van der Waals surface area contributed by atoms with Gasteiger partial charge in [-0.15, -0.1) is 11.3 Å². The van der Waals surface area contributed by atoms with Crippen LogP contribution in [0, 0.1) is 0 Å². The lowest BCUT2D eigenvalue weighted by atomic mass is 9.82. The Labute approximate surface area is 142 Å². The first kappa shape index (κ1) is 16.9. The summed E-state index contributed by atoms with van der Waals surface area (Å²) in [6, 6.07) is 0. The summed E-state index contributed by atoms with van der Waals surface area (Å²) in [5, 5.41) is 16.0. The number of nitrogens with one attached hydrogen (secondary N) is 1. The summed E-state index contributed by atoms with van der Waals surface area (Å²) in [6.45, 7) is 3.16. The number of hydrogen-bond donors (Lipinski definition) is 2. The normalized spacial score (nSPS) is 22.0. The summed E-state index contributed by atoms with van der Waals surface area (Å²) < 4.78 is 0. The summed E-state index contributed by atoms with van der Waals surface area (Å²) in [7, 11) is 0. The van der Waals surface area contributed by atoms with Crippen LogP contribution < -0.4 is 5.32 Å². The molecule has 5 nitrogen and oxygen atoms in total. The van der Waals surface area contributed by atoms with E-state index in [1.54, 1.807) is 0 Å². The van der Waals surface area contributed by atoms with Crippen LogP contribution in [0.25, 0.3) is 0 Å². The summed E-state index contributed by atoms with van der Waals surface area (Å²) in [5.74, 6) is -0.117. The van der Waals surface area contributed by atoms with Gasteiger partial charge < -0.3 is 10.4 Å². The highest BCUT2D eigenvalue weighted by Crippen LogP contribution is 2.31. The lowest BCUT2D eigenvalue weighted by Crippen LogP contribution is -2.35. The molecule has 1 amide bonds. The Morgan fingerprint density at radius 3 is 2.65 bits per heavy atom. The van der Waals surface area contributed by atoms with Gasteiger partial charge in [0.2, 0.25) is 5.91 Å². The molecule has 2 N–H and O–H groups in total. The number of nitrogens with zero attached hydrogens (tertiary/aromatic N) is 2. The number of rotatable bonds is 5. The van der Waals surface area contributed by atoms with Gasteiger partial charge in [-0.3, -0.25) is 9.69 Å². The van der Waals surface area contributed by atoms with Crippen LogP contribution in [0.15, 0.2) is 5.38 Å². The third-order valence-corrected chi connectivity index (χ3v) is 5.71.